The number of carbonyl (C=O) groups excluding carboxylic acids is 3. The number of morpholine rings is 1. The summed E-state index contributed by atoms with van der Waals surface area (Å²) in [6, 6.07) is 16.4. The van der Waals surface area contributed by atoms with Crippen molar-refractivity contribution in [2.75, 3.05) is 31.2 Å². The van der Waals surface area contributed by atoms with Gasteiger partial charge in [-0.2, -0.15) is 0 Å². The second kappa shape index (κ2) is 13.1. The van der Waals surface area contributed by atoms with Gasteiger partial charge in [-0.3, -0.25) is 18.8 Å². The van der Waals surface area contributed by atoms with Crippen LogP contribution in [0.15, 0.2) is 71.7 Å². The van der Waals surface area contributed by atoms with Gasteiger partial charge in [-0.15, -0.1) is 0 Å². The topological polar surface area (TPSA) is 107 Å². The lowest BCUT2D eigenvalue weighted by Crippen LogP contribution is -2.37. The fraction of sp³-hybridized carbons (Fsp3) is 0.258. The molecule has 216 valence electrons. The van der Waals surface area contributed by atoms with Crippen LogP contribution in [-0.2, 0) is 22.6 Å². The van der Waals surface area contributed by atoms with Gasteiger partial charge in [-0.1, -0.05) is 54.2 Å². The smallest absolute Gasteiger partial charge is 0.301 e. The van der Waals surface area contributed by atoms with Gasteiger partial charge in [0.1, 0.15) is 18.7 Å². The van der Waals surface area contributed by atoms with Crippen LogP contribution in [0.4, 0.5) is 10.1 Å². The van der Waals surface area contributed by atoms with E-state index >= 15 is 0 Å². The second-order valence-corrected chi connectivity index (χ2v) is 11.0. The summed E-state index contributed by atoms with van der Waals surface area (Å²) in [4.78, 5) is 58.7. The summed E-state index contributed by atoms with van der Waals surface area (Å²) in [6.07, 6.45) is 2.37. The Balaban J connectivity index is 1.57. The SMILES string of the molecule is CC(=O)c1cc(N2CCOCC2)cn2c(=O)c(OCc3ccccc3)c(C(=O)SC(C=O)Cc3ccc(F)cc3)nc12. The van der Waals surface area contributed by atoms with Gasteiger partial charge in [0.05, 0.1) is 29.7 Å². The number of benzene rings is 2. The standard InChI is InChI=1S/C31H28FN3O6S/c1-20(37)26-16-24(34-11-13-40-14-12-34)17-35-29(26)33-27(28(30(35)38)41-19-22-5-3-2-4-6-22)31(39)42-25(18-36)15-21-7-9-23(32)10-8-21/h2-10,16-18,25H,11-15,19H2,1H3. The molecular weight excluding hydrogens is 561 g/mol. The molecule has 9 nitrogen and oxygen atoms in total. The number of nitrogens with zero attached hydrogens (tertiary/aromatic N) is 3. The lowest BCUT2D eigenvalue weighted by molar-refractivity contribution is -0.107. The highest BCUT2D eigenvalue weighted by Gasteiger charge is 2.27. The molecule has 0 aliphatic carbocycles. The van der Waals surface area contributed by atoms with E-state index in [1.807, 2.05) is 35.2 Å². The average molecular weight is 590 g/mol. The van der Waals surface area contributed by atoms with Crippen molar-refractivity contribution in [1.82, 2.24) is 9.38 Å². The van der Waals surface area contributed by atoms with Crippen molar-refractivity contribution in [3.05, 3.63) is 105 Å². The largest absolute Gasteiger partial charge is 0.481 e. The summed E-state index contributed by atoms with van der Waals surface area (Å²) in [7, 11) is 0. The van der Waals surface area contributed by atoms with Crippen molar-refractivity contribution in [3.63, 3.8) is 0 Å². The molecule has 0 amide bonds. The third-order valence-electron chi connectivity index (χ3n) is 6.80. The highest BCUT2D eigenvalue weighted by atomic mass is 32.2. The van der Waals surface area contributed by atoms with Gasteiger partial charge in [0.25, 0.3) is 0 Å². The van der Waals surface area contributed by atoms with Crippen LogP contribution >= 0.6 is 11.8 Å². The van der Waals surface area contributed by atoms with E-state index in [1.54, 1.807) is 12.3 Å². The van der Waals surface area contributed by atoms with Crippen LogP contribution in [0.1, 0.15) is 38.9 Å². The highest BCUT2D eigenvalue weighted by molar-refractivity contribution is 8.15. The first-order valence-electron chi connectivity index (χ1n) is 13.4. The predicted octanol–water partition coefficient (Wildman–Crippen LogP) is 4.14. The number of hydrogen-bond acceptors (Lipinski definition) is 9. The molecule has 0 spiro atoms. The summed E-state index contributed by atoms with van der Waals surface area (Å²) >= 11 is 0.692. The number of thioether (sulfide) groups is 1. The normalized spacial score (nSPS) is 14.0. The number of aldehydes is 1. The molecule has 5 rings (SSSR count). The zero-order chi connectivity index (χ0) is 29.6. The average Bonchev–Trinajstić information content (AvgIpc) is 3.01. The predicted molar refractivity (Wildman–Crippen MR) is 157 cm³/mol. The van der Waals surface area contributed by atoms with Crippen molar-refractivity contribution in [3.8, 4) is 5.75 Å². The van der Waals surface area contributed by atoms with Crippen molar-refractivity contribution >= 4 is 40.3 Å². The molecule has 4 aromatic rings. The molecule has 11 heteroatoms. The fourth-order valence-corrected chi connectivity index (χ4v) is 5.48. The number of pyridine rings is 1. The van der Waals surface area contributed by atoms with Crippen LogP contribution in [0, 0.1) is 5.82 Å². The minimum absolute atomic E-state index is 0.00974. The van der Waals surface area contributed by atoms with Crippen LogP contribution in [0.25, 0.3) is 5.65 Å². The monoisotopic (exact) mass is 589 g/mol. The van der Waals surface area contributed by atoms with Crippen molar-refractivity contribution < 1.29 is 28.2 Å². The number of ether oxygens (including phenoxy) is 2. The second-order valence-electron chi connectivity index (χ2n) is 9.74. The molecule has 0 radical (unpaired) electrons. The van der Waals surface area contributed by atoms with Gasteiger partial charge in [0, 0.05) is 19.3 Å². The lowest BCUT2D eigenvalue weighted by Gasteiger charge is -2.29. The Labute approximate surface area is 245 Å². The number of ketones is 1. The van der Waals surface area contributed by atoms with E-state index in [0.29, 0.717) is 55.6 Å². The third-order valence-corrected chi connectivity index (χ3v) is 7.79. The summed E-state index contributed by atoms with van der Waals surface area (Å²) in [6.45, 7) is 3.53. The first-order chi connectivity index (χ1) is 20.3. The van der Waals surface area contributed by atoms with E-state index in [1.165, 1.54) is 35.6 Å². The molecule has 3 heterocycles. The van der Waals surface area contributed by atoms with Gasteiger partial charge in [0.2, 0.25) is 10.9 Å². The molecule has 1 unspecified atom stereocenters. The van der Waals surface area contributed by atoms with E-state index in [9.17, 15) is 23.6 Å². The highest BCUT2D eigenvalue weighted by Crippen LogP contribution is 2.27. The van der Waals surface area contributed by atoms with E-state index < -0.39 is 21.7 Å². The molecule has 1 aliphatic rings. The van der Waals surface area contributed by atoms with Crippen LogP contribution < -0.4 is 15.2 Å². The van der Waals surface area contributed by atoms with Gasteiger partial charge in [-0.25, -0.2) is 9.37 Å². The molecule has 0 saturated carbocycles. The first kappa shape index (κ1) is 29.2. The Morgan fingerprint density at radius 3 is 2.48 bits per heavy atom. The van der Waals surface area contributed by atoms with Gasteiger partial charge < -0.3 is 19.2 Å². The van der Waals surface area contributed by atoms with Gasteiger partial charge in [-0.05, 0) is 42.7 Å². The van der Waals surface area contributed by atoms with Crippen LogP contribution in [0.2, 0.25) is 0 Å². The number of anilines is 1. The van der Waals surface area contributed by atoms with Crippen molar-refractivity contribution in [1.29, 1.82) is 0 Å². The molecule has 1 atom stereocenters. The Morgan fingerprint density at radius 1 is 1.10 bits per heavy atom. The Bertz CT molecular complexity index is 1670. The molecule has 0 bridgehead atoms. The number of aromatic nitrogens is 2. The number of hydrogen-bond donors (Lipinski definition) is 0. The molecule has 2 aromatic carbocycles. The molecule has 1 aliphatic heterocycles. The Morgan fingerprint density at radius 2 is 1.81 bits per heavy atom. The first-order valence-corrected chi connectivity index (χ1v) is 14.2. The van der Waals surface area contributed by atoms with Crippen LogP contribution in [0.5, 0.6) is 5.75 Å². The minimum atomic E-state index is -0.832. The van der Waals surface area contributed by atoms with E-state index in [-0.39, 0.29) is 41.5 Å². The van der Waals surface area contributed by atoms with Crippen LogP contribution in [0.3, 0.4) is 0 Å². The molecule has 1 saturated heterocycles. The molecule has 1 fully saturated rings. The fourth-order valence-electron chi connectivity index (χ4n) is 4.62. The van der Waals surface area contributed by atoms with E-state index in [0.717, 1.165) is 5.56 Å². The van der Waals surface area contributed by atoms with E-state index in [2.05, 4.69) is 4.98 Å². The quantitative estimate of drug-likeness (QED) is 0.199. The van der Waals surface area contributed by atoms with Crippen molar-refractivity contribution in [2.24, 2.45) is 0 Å². The Hall–Kier alpha value is -4.35. The van der Waals surface area contributed by atoms with E-state index in [4.69, 9.17) is 9.47 Å². The third kappa shape index (κ3) is 6.58. The Kier molecular flexibility index (Phi) is 9.09. The number of Topliss-reactive ketones (excluding diaryl/α,β-unsaturated/α-hetero) is 1. The maximum Gasteiger partial charge on any atom is 0.301 e. The number of rotatable bonds is 10. The minimum Gasteiger partial charge on any atom is -0.481 e. The molecule has 42 heavy (non-hydrogen) atoms. The number of halogens is 1. The summed E-state index contributed by atoms with van der Waals surface area (Å²) in [5.74, 6) is -1.03. The van der Waals surface area contributed by atoms with Crippen LogP contribution in [-0.4, -0.2) is 58.1 Å². The number of fused-ring (bicyclic) bond motifs is 1. The molecule has 0 N–H and O–H groups in total. The summed E-state index contributed by atoms with van der Waals surface area (Å²) < 4.78 is 26.0. The summed E-state index contributed by atoms with van der Waals surface area (Å²) in [5, 5.41) is -1.50. The zero-order valence-electron chi connectivity index (χ0n) is 22.8. The zero-order valence-corrected chi connectivity index (χ0v) is 23.6. The van der Waals surface area contributed by atoms with Gasteiger partial charge >= 0.3 is 5.56 Å². The maximum absolute atomic E-state index is 13.9. The molecule has 2 aromatic heterocycles. The van der Waals surface area contributed by atoms with Crippen molar-refractivity contribution in [2.45, 2.75) is 25.2 Å². The van der Waals surface area contributed by atoms with Gasteiger partial charge in [0.15, 0.2) is 17.1 Å². The molecular formula is C31H28FN3O6S. The summed E-state index contributed by atoms with van der Waals surface area (Å²) in [5.41, 5.74) is 1.32. The number of carbonyl (C=O) groups is 3. The maximum atomic E-state index is 13.9. The lowest BCUT2D eigenvalue weighted by atomic mass is 10.1.